The monoisotopic (exact) mass is 415 g/mol. The molecule has 1 saturated heterocycles. The van der Waals surface area contributed by atoms with Crippen LogP contribution in [0.2, 0.25) is 0 Å². The quantitative estimate of drug-likeness (QED) is 0.531. The van der Waals surface area contributed by atoms with E-state index in [2.05, 4.69) is 0 Å². The van der Waals surface area contributed by atoms with E-state index in [0.29, 0.717) is 19.4 Å². The van der Waals surface area contributed by atoms with Crippen molar-refractivity contribution in [2.24, 2.45) is 0 Å². The molecule has 1 atom stereocenters. The second-order valence-electron chi connectivity index (χ2n) is 7.61. The second-order valence-corrected chi connectivity index (χ2v) is 7.61. The minimum Gasteiger partial charge on any atom is -0.489 e. The van der Waals surface area contributed by atoms with Gasteiger partial charge in [0.15, 0.2) is 0 Å². The Morgan fingerprint density at radius 1 is 0.903 bits per heavy atom. The molecule has 0 spiro atoms. The third-order valence-corrected chi connectivity index (χ3v) is 5.32. The third kappa shape index (κ3) is 5.51. The van der Waals surface area contributed by atoms with Crippen molar-refractivity contribution in [3.63, 3.8) is 0 Å². The molecule has 4 rings (SSSR count). The van der Waals surface area contributed by atoms with Crippen molar-refractivity contribution in [3.05, 3.63) is 102 Å². The zero-order valence-electron chi connectivity index (χ0n) is 17.3. The number of amides is 2. The molecule has 0 aromatic heterocycles. The number of benzene rings is 3. The summed E-state index contributed by atoms with van der Waals surface area (Å²) in [6, 6.07) is 27.3. The predicted molar refractivity (Wildman–Crippen MR) is 118 cm³/mol. The highest BCUT2D eigenvalue weighted by Gasteiger charge is 2.37. The lowest BCUT2D eigenvalue weighted by Crippen LogP contribution is -2.40. The Bertz CT molecular complexity index is 1020. The van der Waals surface area contributed by atoms with E-state index in [9.17, 15) is 9.59 Å². The Hall–Kier alpha value is -3.60. The number of hydrogen-bond acceptors (Lipinski definition) is 4. The van der Waals surface area contributed by atoms with Gasteiger partial charge in [0.05, 0.1) is 6.04 Å². The maximum atomic E-state index is 12.8. The molecule has 1 aliphatic heterocycles. The average Bonchev–Trinajstić information content (AvgIpc) is 3.17. The van der Waals surface area contributed by atoms with Crippen molar-refractivity contribution in [1.82, 2.24) is 4.90 Å². The minimum atomic E-state index is -0.550. The molecule has 0 saturated carbocycles. The molecule has 0 aliphatic carbocycles. The van der Waals surface area contributed by atoms with Gasteiger partial charge in [0.1, 0.15) is 19.0 Å². The summed E-state index contributed by atoms with van der Waals surface area (Å²) < 4.78 is 11.0. The van der Waals surface area contributed by atoms with E-state index >= 15 is 0 Å². The molecule has 1 heterocycles. The Balaban J connectivity index is 1.33. The van der Waals surface area contributed by atoms with E-state index in [0.717, 1.165) is 22.4 Å². The van der Waals surface area contributed by atoms with Crippen molar-refractivity contribution < 1.29 is 19.1 Å². The first kappa shape index (κ1) is 20.7. The molecule has 158 valence electrons. The van der Waals surface area contributed by atoms with E-state index in [1.807, 2.05) is 84.9 Å². The van der Waals surface area contributed by atoms with Crippen molar-refractivity contribution in [2.45, 2.75) is 31.9 Å². The van der Waals surface area contributed by atoms with E-state index < -0.39 is 6.09 Å². The Morgan fingerprint density at radius 2 is 1.58 bits per heavy atom. The Morgan fingerprint density at radius 3 is 2.32 bits per heavy atom. The molecule has 0 N–H and O–H groups in total. The van der Waals surface area contributed by atoms with Gasteiger partial charge < -0.3 is 9.47 Å². The second kappa shape index (κ2) is 9.94. The van der Waals surface area contributed by atoms with Crippen LogP contribution in [0, 0.1) is 0 Å². The minimum absolute atomic E-state index is 0.209. The summed E-state index contributed by atoms with van der Waals surface area (Å²) in [5, 5.41) is 0. The first-order valence-corrected chi connectivity index (χ1v) is 10.5. The van der Waals surface area contributed by atoms with Gasteiger partial charge in [0, 0.05) is 6.42 Å². The summed E-state index contributed by atoms with van der Waals surface area (Å²) in [6.07, 6.45) is 0.818. The van der Waals surface area contributed by atoms with Crippen molar-refractivity contribution in [3.8, 4) is 5.75 Å². The van der Waals surface area contributed by atoms with Crippen LogP contribution in [0.3, 0.4) is 0 Å². The van der Waals surface area contributed by atoms with Crippen LogP contribution in [0.25, 0.3) is 0 Å². The summed E-state index contributed by atoms with van der Waals surface area (Å²) in [6.45, 7) is 0.728. The van der Waals surface area contributed by atoms with Crippen molar-refractivity contribution in [1.29, 1.82) is 0 Å². The number of ether oxygens (including phenoxy) is 2. The third-order valence-electron chi connectivity index (χ3n) is 5.32. The van der Waals surface area contributed by atoms with Gasteiger partial charge >= 0.3 is 6.09 Å². The number of nitrogens with zero attached hydrogens (tertiary/aromatic N) is 1. The molecular weight excluding hydrogens is 390 g/mol. The van der Waals surface area contributed by atoms with Gasteiger partial charge in [-0.1, -0.05) is 72.8 Å². The molecule has 3 aromatic rings. The van der Waals surface area contributed by atoms with Crippen molar-refractivity contribution >= 4 is 12.0 Å². The smallest absolute Gasteiger partial charge is 0.416 e. The number of carbonyl (C=O) groups excluding carboxylic acids is 2. The molecule has 0 radical (unpaired) electrons. The van der Waals surface area contributed by atoms with Crippen LogP contribution in [0.15, 0.2) is 84.9 Å². The van der Waals surface area contributed by atoms with Gasteiger partial charge in [-0.15, -0.1) is 0 Å². The molecule has 0 bridgehead atoms. The van der Waals surface area contributed by atoms with E-state index in [1.54, 1.807) is 0 Å². The largest absolute Gasteiger partial charge is 0.489 e. The van der Waals surface area contributed by atoms with Gasteiger partial charge in [-0.25, -0.2) is 9.69 Å². The van der Waals surface area contributed by atoms with E-state index in [4.69, 9.17) is 9.47 Å². The number of cyclic esters (lactones) is 1. The zero-order valence-corrected chi connectivity index (χ0v) is 17.3. The number of rotatable bonds is 8. The fourth-order valence-electron chi connectivity index (χ4n) is 3.71. The molecular formula is C26H25NO4. The number of aryl methyl sites for hydroxylation is 1. The van der Waals surface area contributed by atoms with Crippen LogP contribution in [-0.2, 0) is 29.0 Å². The lowest BCUT2D eigenvalue weighted by molar-refractivity contribution is -0.129. The zero-order chi connectivity index (χ0) is 21.5. The molecule has 3 aromatic carbocycles. The van der Waals surface area contributed by atoms with Crippen molar-refractivity contribution in [2.75, 3.05) is 6.61 Å². The summed E-state index contributed by atoms with van der Waals surface area (Å²) in [7, 11) is 0. The lowest BCUT2D eigenvalue weighted by atomic mass is 10.0. The number of carbonyl (C=O) groups is 2. The Labute approximate surface area is 182 Å². The van der Waals surface area contributed by atoms with Gasteiger partial charge in [-0.3, -0.25) is 4.79 Å². The summed E-state index contributed by atoms with van der Waals surface area (Å²) in [4.78, 5) is 26.3. The van der Waals surface area contributed by atoms with E-state index in [-0.39, 0.29) is 25.0 Å². The molecule has 5 nitrogen and oxygen atoms in total. The first-order valence-electron chi connectivity index (χ1n) is 10.5. The van der Waals surface area contributed by atoms with Crippen LogP contribution in [0.4, 0.5) is 4.79 Å². The first-order chi connectivity index (χ1) is 15.2. The molecule has 1 fully saturated rings. The van der Waals surface area contributed by atoms with Crippen LogP contribution in [-0.4, -0.2) is 29.5 Å². The Kier molecular flexibility index (Phi) is 6.62. The molecule has 31 heavy (non-hydrogen) atoms. The van der Waals surface area contributed by atoms with Crippen LogP contribution in [0.5, 0.6) is 5.75 Å². The molecule has 1 unspecified atom stereocenters. The van der Waals surface area contributed by atoms with Gasteiger partial charge in [0.25, 0.3) is 0 Å². The van der Waals surface area contributed by atoms with Gasteiger partial charge in [-0.05, 0) is 41.7 Å². The van der Waals surface area contributed by atoms with Crippen LogP contribution < -0.4 is 4.74 Å². The fourth-order valence-corrected chi connectivity index (χ4v) is 3.71. The number of hydrogen-bond donors (Lipinski definition) is 0. The highest BCUT2D eigenvalue weighted by atomic mass is 16.6. The summed E-state index contributed by atoms with van der Waals surface area (Å²) >= 11 is 0. The van der Waals surface area contributed by atoms with Gasteiger partial charge in [0.2, 0.25) is 5.91 Å². The standard InChI is InChI=1S/C26H25NO4/c28-25(27-23(19-31-26(27)29)16-20-8-3-1-4-9-20)15-14-21-12-7-13-24(17-21)30-18-22-10-5-2-6-11-22/h1-13,17,23H,14-16,18-19H2. The molecule has 5 heteroatoms. The maximum absolute atomic E-state index is 12.8. The highest BCUT2D eigenvalue weighted by molar-refractivity contribution is 5.93. The van der Waals surface area contributed by atoms with E-state index in [1.165, 1.54) is 4.90 Å². The summed E-state index contributed by atoms with van der Waals surface area (Å²) in [5.74, 6) is 0.551. The average molecular weight is 415 g/mol. The molecule has 2 amide bonds. The normalized spacial score (nSPS) is 15.5. The van der Waals surface area contributed by atoms with Crippen LogP contribution in [0.1, 0.15) is 23.1 Å². The predicted octanol–water partition coefficient (Wildman–Crippen LogP) is 4.79. The SMILES string of the molecule is O=C(CCc1cccc(OCc2ccccc2)c1)N1C(=O)OCC1Cc1ccccc1. The molecule has 1 aliphatic rings. The maximum Gasteiger partial charge on any atom is 0.416 e. The fraction of sp³-hybridized carbons (Fsp3) is 0.231. The summed E-state index contributed by atoms with van der Waals surface area (Å²) in [5.41, 5.74) is 3.16. The lowest BCUT2D eigenvalue weighted by Gasteiger charge is -2.19. The highest BCUT2D eigenvalue weighted by Crippen LogP contribution is 2.21. The van der Waals surface area contributed by atoms with Gasteiger partial charge in [-0.2, -0.15) is 0 Å². The van der Waals surface area contributed by atoms with Crippen LogP contribution >= 0.6 is 0 Å². The number of imide groups is 1. The topological polar surface area (TPSA) is 55.8 Å².